The zero-order valence-corrected chi connectivity index (χ0v) is 23.6. The Morgan fingerprint density at radius 3 is 1.19 bits per heavy atom. The molecular formula is C30H54O6. The van der Waals surface area contributed by atoms with Crippen molar-refractivity contribution in [3.8, 4) is 0 Å². The Hall–Kier alpha value is -1.28. The van der Waals surface area contributed by atoms with Crippen LogP contribution in [0.1, 0.15) is 106 Å². The number of unbranched alkanes of at least 4 members (excludes halogenated alkanes) is 1. The topological polar surface area (TPSA) is 121 Å². The summed E-state index contributed by atoms with van der Waals surface area (Å²) < 4.78 is 0. The lowest BCUT2D eigenvalue weighted by atomic mass is 9.89. The second-order valence-corrected chi connectivity index (χ2v) is 11.0. The smallest absolute Gasteiger partial charge is 0.0880 e. The molecule has 0 rings (SSSR count). The highest BCUT2D eigenvalue weighted by molar-refractivity contribution is 5.04. The third-order valence-electron chi connectivity index (χ3n) is 7.00. The lowest BCUT2D eigenvalue weighted by Crippen LogP contribution is -2.39. The third-order valence-corrected chi connectivity index (χ3v) is 7.00. The van der Waals surface area contributed by atoms with Crippen molar-refractivity contribution in [2.75, 3.05) is 13.2 Å². The molecule has 0 radical (unpaired) electrons. The highest BCUT2D eigenvalue weighted by Crippen LogP contribution is 2.24. The molecule has 0 aliphatic carbocycles. The first-order chi connectivity index (χ1) is 16.7. The molecule has 0 bridgehead atoms. The van der Waals surface area contributed by atoms with E-state index in [4.69, 9.17) is 10.2 Å². The number of aliphatic hydroxyl groups excluding tert-OH is 4. The number of hydrogen-bond donors (Lipinski definition) is 6. The van der Waals surface area contributed by atoms with Crippen LogP contribution in [0.25, 0.3) is 0 Å². The minimum atomic E-state index is -1.16. The van der Waals surface area contributed by atoms with Gasteiger partial charge in [-0.15, -0.1) is 0 Å². The van der Waals surface area contributed by atoms with Gasteiger partial charge in [-0.2, -0.15) is 0 Å². The van der Waals surface area contributed by atoms with Crippen LogP contribution in [0.15, 0.2) is 46.6 Å². The van der Waals surface area contributed by atoms with Gasteiger partial charge in [-0.1, -0.05) is 46.6 Å². The van der Waals surface area contributed by atoms with Crippen molar-refractivity contribution < 1.29 is 30.6 Å². The van der Waals surface area contributed by atoms with Crippen molar-refractivity contribution >= 4 is 0 Å². The molecule has 4 unspecified atom stereocenters. The fraction of sp³-hybridized carbons (Fsp3) is 0.733. The summed E-state index contributed by atoms with van der Waals surface area (Å²) in [5.74, 6) is 0. The zero-order chi connectivity index (χ0) is 27.8. The van der Waals surface area contributed by atoms with Crippen LogP contribution in [-0.4, -0.2) is 67.3 Å². The predicted octanol–water partition coefficient (Wildman–Crippen LogP) is 4.88. The predicted molar refractivity (Wildman–Crippen MR) is 149 cm³/mol. The van der Waals surface area contributed by atoms with E-state index in [9.17, 15) is 20.4 Å². The summed E-state index contributed by atoms with van der Waals surface area (Å²) in [6.07, 6.45) is 12.9. The standard InChI is InChI=1S/C30H54O6/c1-23(15-17-27(33)29(5,35)19-9-13-25(3)21-31)11-7-8-12-24(2)16-18-28(34)30(6,36)20-10-14-26(4)22-32/h11-14,27-28,31-36H,7-10,15-22H2,1-6H3. The SMILES string of the molecule is CC(=CCCC(C)(O)C(O)CCC(C)=CCCC=C(C)CCC(O)C(C)(O)CCC=C(C)CO)CO. The molecule has 210 valence electrons. The number of hydrogen-bond acceptors (Lipinski definition) is 6. The minimum absolute atomic E-state index is 0.0119. The molecule has 0 aromatic rings. The normalized spacial score (nSPS) is 19.1. The molecular weight excluding hydrogens is 456 g/mol. The van der Waals surface area contributed by atoms with Gasteiger partial charge in [0.25, 0.3) is 0 Å². The second kappa shape index (κ2) is 18.1. The van der Waals surface area contributed by atoms with Gasteiger partial charge in [-0.05, 0) is 106 Å². The second-order valence-electron chi connectivity index (χ2n) is 11.0. The molecule has 0 aromatic carbocycles. The summed E-state index contributed by atoms with van der Waals surface area (Å²) in [4.78, 5) is 0. The lowest BCUT2D eigenvalue weighted by Gasteiger charge is -2.29. The van der Waals surface area contributed by atoms with E-state index in [1.54, 1.807) is 13.8 Å². The summed E-state index contributed by atoms with van der Waals surface area (Å²) in [5, 5.41) is 60.1. The molecule has 6 heteroatoms. The van der Waals surface area contributed by atoms with Crippen LogP contribution in [0.2, 0.25) is 0 Å². The summed E-state index contributed by atoms with van der Waals surface area (Å²) in [6, 6.07) is 0. The molecule has 0 aliphatic rings. The monoisotopic (exact) mass is 510 g/mol. The van der Waals surface area contributed by atoms with Crippen molar-refractivity contribution in [1.82, 2.24) is 0 Å². The maximum absolute atomic E-state index is 10.6. The van der Waals surface area contributed by atoms with Crippen molar-refractivity contribution in [2.24, 2.45) is 0 Å². The molecule has 0 saturated heterocycles. The Kier molecular flexibility index (Phi) is 17.4. The molecule has 0 fully saturated rings. The average molecular weight is 511 g/mol. The molecule has 0 saturated carbocycles. The van der Waals surface area contributed by atoms with Gasteiger partial charge in [0.15, 0.2) is 0 Å². The van der Waals surface area contributed by atoms with Crippen LogP contribution >= 0.6 is 0 Å². The van der Waals surface area contributed by atoms with E-state index in [-0.39, 0.29) is 13.2 Å². The molecule has 4 atom stereocenters. The highest BCUT2D eigenvalue weighted by Gasteiger charge is 2.30. The summed E-state index contributed by atoms with van der Waals surface area (Å²) >= 11 is 0. The van der Waals surface area contributed by atoms with E-state index in [0.717, 1.165) is 36.8 Å². The Balaban J connectivity index is 4.39. The Morgan fingerprint density at radius 2 is 0.889 bits per heavy atom. The van der Waals surface area contributed by atoms with Crippen molar-refractivity contribution in [3.63, 3.8) is 0 Å². The van der Waals surface area contributed by atoms with E-state index < -0.39 is 23.4 Å². The quantitative estimate of drug-likeness (QED) is 0.109. The third kappa shape index (κ3) is 15.7. The summed E-state index contributed by atoms with van der Waals surface area (Å²) in [5.41, 5.74) is 1.79. The Labute approximate surface area is 219 Å². The fourth-order valence-corrected chi connectivity index (χ4v) is 3.90. The van der Waals surface area contributed by atoms with Gasteiger partial charge in [-0.25, -0.2) is 0 Å². The van der Waals surface area contributed by atoms with E-state index >= 15 is 0 Å². The van der Waals surface area contributed by atoms with Gasteiger partial charge in [0, 0.05) is 0 Å². The summed E-state index contributed by atoms with van der Waals surface area (Å²) in [6.45, 7) is 11.1. The molecule has 0 aliphatic heterocycles. The molecule has 0 aromatic heterocycles. The number of aliphatic hydroxyl groups is 6. The molecule has 36 heavy (non-hydrogen) atoms. The van der Waals surface area contributed by atoms with Crippen LogP contribution in [0.4, 0.5) is 0 Å². The zero-order valence-electron chi connectivity index (χ0n) is 23.6. The molecule has 6 N–H and O–H groups in total. The van der Waals surface area contributed by atoms with Gasteiger partial charge >= 0.3 is 0 Å². The first kappa shape index (κ1) is 34.7. The largest absolute Gasteiger partial charge is 0.392 e. The fourth-order valence-electron chi connectivity index (χ4n) is 3.90. The summed E-state index contributed by atoms with van der Waals surface area (Å²) in [7, 11) is 0. The van der Waals surface area contributed by atoms with Crippen LogP contribution in [0.5, 0.6) is 0 Å². The Bertz CT molecular complexity index is 668. The first-order valence-electron chi connectivity index (χ1n) is 13.4. The van der Waals surface area contributed by atoms with Crippen LogP contribution < -0.4 is 0 Å². The average Bonchev–Trinajstić information content (AvgIpc) is 2.82. The van der Waals surface area contributed by atoms with Gasteiger partial charge in [0.2, 0.25) is 0 Å². The van der Waals surface area contributed by atoms with Gasteiger partial charge in [-0.3, -0.25) is 0 Å². The minimum Gasteiger partial charge on any atom is -0.392 e. The van der Waals surface area contributed by atoms with Gasteiger partial charge in [0.05, 0.1) is 36.6 Å². The van der Waals surface area contributed by atoms with E-state index in [1.807, 2.05) is 39.8 Å². The lowest BCUT2D eigenvalue weighted by molar-refractivity contribution is -0.0692. The molecule has 0 spiro atoms. The molecule has 6 nitrogen and oxygen atoms in total. The van der Waals surface area contributed by atoms with Crippen LogP contribution in [-0.2, 0) is 0 Å². The Morgan fingerprint density at radius 1 is 0.583 bits per heavy atom. The maximum atomic E-state index is 10.6. The van der Waals surface area contributed by atoms with E-state index in [1.165, 1.54) is 11.1 Å². The molecule has 0 amide bonds. The van der Waals surface area contributed by atoms with Crippen molar-refractivity contribution in [3.05, 3.63) is 46.6 Å². The van der Waals surface area contributed by atoms with E-state index in [2.05, 4.69) is 12.2 Å². The van der Waals surface area contributed by atoms with Crippen LogP contribution in [0.3, 0.4) is 0 Å². The van der Waals surface area contributed by atoms with E-state index in [0.29, 0.717) is 38.5 Å². The number of allylic oxidation sites excluding steroid dienone is 6. The van der Waals surface area contributed by atoms with Crippen LogP contribution in [0, 0.1) is 0 Å². The van der Waals surface area contributed by atoms with Crippen molar-refractivity contribution in [2.45, 2.75) is 129 Å². The first-order valence-corrected chi connectivity index (χ1v) is 13.4. The molecule has 0 heterocycles. The van der Waals surface area contributed by atoms with Gasteiger partial charge in [0.1, 0.15) is 0 Å². The van der Waals surface area contributed by atoms with Gasteiger partial charge < -0.3 is 30.6 Å². The highest BCUT2D eigenvalue weighted by atomic mass is 16.3. The number of rotatable bonds is 19. The van der Waals surface area contributed by atoms with Crippen molar-refractivity contribution in [1.29, 1.82) is 0 Å². The maximum Gasteiger partial charge on any atom is 0.0880 e.